The number of carboxylic acid groups (broad SMARTS) is 2. The van der Waals surface area contributed by atoms with Gasteiger partial charge in [0, 0.05) is 24.9 Å². The third-order valence-electron chi connectivity index (χ3n) is 2.37. The van der Waals surface area contributed by atoms with Crippen molar-refractivity contribution in [3.63, 3.8) is 0 Å². The molecule has 4 nitrogen and oxygen atoms in total. The summed E-state index contributed by atoms with van der Waals surface area (Å²) in [6.07, 6.45) is 0. The predicted octanol–water partition coefficient (Wildman–Crippen LogP) is 2.23. The molecule has 0 atom stereocenters. The van der Waals surface area contributed by atoms with Crippen molar-refractivity contribution in [1.29, 1.82) is 0 Å². The molecule has 0 radical (unpaired) electrons. The molecule has 0 bridgehead atoms. The molecule has 2 N–H and O–H groups in total. The van der Waals surface area contributed by atoms with E-state index in [4.69, 9.17) is 10.2 Å². The minimum Gasteiger partial charge on any atom is -0.478 e. The molecule has 0 amide bonds. The number of carbonyl (C=O) groups is 2. The van der Waals surface area contributed by atoms with Crippen molar-refractivity contribution in [2.45, 2.75) is 0 Å². The van der Waals surface area contributed by atoms with Gasteiger partial charge < -0.3 is 10.2 Å². The number of fused-ring (bicyclic) bond motifs is 1. The zero-order valence-electron chi connectivity index (χ0n) is 8.88. The van der Waals surface area contributed by atoms with Crippen LogP contribution < -0.4 is 0 Å². The van der Waals surface area contributed by atoms with Crippen LogP contribution in [0.25, 0.3) is 10.8 Å². The Morgan fingerprint density at radius 3 is 1.59 bits per heavy atom. The molecule has 0 saturated heterocycles. The van der Waals surface area contributed by atoms with Gasteiger partial charge in [-0.15, -0.1) is 0 Å². The van der Waals surface area contributed by atoms with E-state index in [1.165, 1.54) is 12.1 Å². The summed E-state index contributed by atoms with van der Waals surface area (Å²) in [6.45, 7) is 0. The summed E-state index contributed by atoms with van der Waals surface area (Å²) in [4.78, 5) is 22.0. The molecule has 0 aliphatic heterocycles. The van der Waals surface area contributed by atoms with Gasteiger partial charge in [-0.25, -0.2) is 9.59 Å². The van der Waals surface area contributed by atoms with Crippen molar-refractivity contribution in [3.8, 4) is 0 Å². The van der Waals surface area contributed by atoms with Gasteiger partial charge in [-0.3, -0.25) is 0 Å². The Hall–Kier alpha value is -1.74. The van der Waals surface area contributed by atoms with Crippen LogP contribution in [-0.4, -0.2) is 22.2 Å². The van der Waals surface area contributed by atoms with E-state index in [0.29, 0.717) is 5.39 Å². The summed E-state index contributed by atoms with van der Waals surface area (Å²) in [5, 5.41) is 18.9. The van der Waals surface area contributed by atoms with Gasteiger partial charge in [0.1, 0.15) is 0 Å². The molecule has 2 aromatic carbocycles. The third-order valence-corrected chi connectivity index (χ3v) is 2.37. The van der Waals surface area contributed by atoms with E-state index in [1.807, 2.05) is 0 Å². The molecule has 5 heteroatoms. The van der Waals surface area contributed by atoms with E-state index >= 15 is 0 Å². The van der Waals surface area contributed by atoms with Gasteiger partial charge in [0.25, 0.3) is 0 Å². The van der Waals surface area contributed by atoms with Gasteiger partial charge in [-0.05, 0) is 17.5 Å². The first-order chi connectivity index (χ1) is 7.61. The van der Waals surface area contributed by atoms with Crippen molar-refractivity contribution < 1.29 is 39.3 Å². The first-order valence-electron chi connectivity index (χ1n) is 4.59. The summed E-state index contributed by atoms with van der Waals surface area (Å²) in [5.74, 6) is -2.25. The van der Waals surface area contributed by atoms with Gasteiger partial charge in [-0.1, -0.05) is 24.3 Å². The Kier molecular flexibility index (Phi) is 3.97. The smallest absolute Gasteiger partial charge is 0.336 e. The SMILES string of the molecule is O=C(O)c1cccc2cccc(C(=O)O)c12.[Zn]. The van der Waals surface area contributed by atoms with E-state index in [2.05, 4.69) is 0 Å². The van der Waals surface area contributed by atoms with Crippen molar-refractivity contribution in [3.05, 3.63) is 47.5 Å². The first-order valence-corrected chi connectivity index (χ1v) is 4.59. The van der Waals surface area contributed by atoms with Crippen LogP contribution in [-0.2, 0) is 19.5 Å². The Labute approximate surface area is 110 Å². The fraction of sp³-hybridized carbons (Fsp3) is 0. The maximum atomic E-state index is 11.0. The van der Waals surface area contributed by atoms with Crippen LogP contribution in [0.3, 0.4) is 0 Å². The molecule has 0 heterocycles. The second-order valence-electron chi connectivity index (χ2n) is 3.32. The Balaban J connectivity index is 0.00000144. The predicted molar refractivity (Wildman–Crippen MR) is 57.9 cm³/mol. The van der Waals surface area contributed by atoms with Crippen LogP contribution in [0.4, 0.5) is 0 Å². The zero-order chi connectivity index (χ0) is 11.7. The van der Waals surface area contributed by atoms with Crippen LogP contribution in [0, 0.1) is 0 Å². The van der Waals surface area contributed by atoms with Crippen LogP contribution in [0.15, 0.2) is 36.4 Å². The third kappa shape index (κ3) is 2.34. The standard InChI is InChI=1S/C12H8O4.Zn/c13-11(14)8-5-1-3-7-4-2-6-9(10(7)8)12(15)16;/h1-6H,(H,13,14)(H,15,16);. The summed E-state index contributed by atoms with van der Waals surface area (Å²) >= 11 is 0. The Bertz CT molecular complexity index is 543. The number of carboxylic acids is 2. The van der Waals surface area contributed by atoms with Crippen LogP contribution in [0.5, 0.6) is 0 Å². The molecule has 0 aromatic heterocycles. The summed E-state index contributed by atoms with van der Waals surface area (Å²) < 4.78 is 0. The second kappa shape index (κ2) is 5.06. The molecule has 17 heavy (non-hydrogen) atoms. The molecule has 82 valence electrons. The Morgan fingerprint density at radius 2 is 1.24 bits per heavy atom. The maximum Gasteiger partial charge on any atom is 0.336 e. The quantitative estimate of drug-likeness (QED) is 0.828. The van der Waals surface area contributed by atoms with Crippen LogP contribution in [0.2, 0.25) is 0 Å². The number of rotatable bonds is 2. The molecule has 2 rings (SSSR count). The molecule has 0 spiro atoms. The van der Waals surface area contributed by atoms with Crippen molar-refractivity contribution >= 4 is 22.7 Å². The van der Waals surface area contributed by atoms with Gasteiger partial charge in [0.2, 0.25) is 0 Å². The van der Waals surface area contributed by atoms with E-state index < -0.39 is 11.9 Å². The van der Waals surface area contributed by atoms with E-state index in [9.17, 15) is 9.59 Å². The fourth-order valence-corrected chi connectivity index (χ4v) is 1.70. The molecule has 0 aliphatic rings. The fourth-order valence-electron chi connectivity index (χ4n) is 1.70. The average molecular weight is 282 g/mol. The first kappa shape index (κ1) is 13.3. The molecular formula is C12H8O4Zn. The normalized spacial score (nSPS) is 9.65. The van der Waals surface area contributed by atoms with Gasteiger partial charge in [0.15, 0.2) is 0 Å². The topological polar surface area (TPSA) is 74.6 Å². The van der Waals surface area contributed by atoms with Crippen LogP contribution in [0.1, 0.15) is 20.7 Å². The number of hydrogen-bond acceptors (Lipinski definition) is 2. The average Bonchev–Trinajstić information content (AvgIpc) is 2.27. The van der Waals surface area contributed by atoms with Gasteiger partial charge >= 0.3 is 11.9 Å². The molecule has 0 saturated carbocycles. The van der Waals surface area contributed by atoms with E-state index in [1.54, 1.807) is 24.3 Å². The zero-order valence-corrected chi connectivity index (χ0v) is 11.8. The van der Waals surface area contributed by atoms with Crippen molar-refractivity contribution in [1.82, 2.24) is 0 Å². The molecule has 0 fully saturated rings. The largest absolute Gasteiger partial charge is 0.478 e. The van der Waals surface area contributed by atoms with Crippen molar-refractivity contribution in [2.75, 3.05) is 0 Å². The summed E-state index contributed by atoms with van der Waals surface area (Å²) in [6, 6.07) is 9.37. The second-order valence-corrected chi connectivity index (χ2v) is 3.32. The molecule has 2 aromatic rings. The molecular weight excluding hydrogens is 274 g/mol. The van der Waals surface area contributed by atoms with Crippen molar-refractivity contribution in [2.24, 2.45) is 0 Å². The van der Waals surface area contributed by atoms with E-state index in [0.717, 1.165) is 0 Å². The summed E-state index contributed by atoms with van der Waals surface area (Å²) in [5.41, 5.74) is 0.0194. The maximum absolute atomic E-state index is 11.0. The number of aromatic carboxylic acids is 2. The van der Waals surface area contributed by atoms with Crippen LogP contribution >= 0.6 is 0 Å². The van der Waals surface area contributed by atoms with E-state index in [-0.39, 0.29) is 36.0 Å². The monoisotopic (exact) mass is 280 g/mol. The van der Waals surface area contributed by atoms with Gasteiger partial charge in [0.05, 0.1) is 11.1 Å². The number of benzene rings is 2. The van der Waals surface area contributed by atoms with Gasteiger partial charge in [-0.2, -0.15) is 0 Å². The minimum absolute atomic E-state index is 0. The molecule has 0 unspecified atom stereocenters. The minimum atomic E-state index is -1.13. The number of hydrogen-bond donors (Lipinski definition) is 2. The summed E-state index contributed by atoms with van der Waals surface area (Å²) in [7, 11) is 0. The molecule has 0 aliphatic carbocycles. The Morgan fingerprint density at radius 1 is 0.824 bits per heavy atom.